The van der Waals surface area contributed by atoms with E-state index in [0.29, 0.717) is 17.1 Å². The molecule has 0 atom stereocenters. The van der Waals surface area contributed by atoms with Crippen LogP contribution in [0.3, 0.4) is 0 Å². The summed E-state index contributed by atoms with van der Waals surface area (Å²) in [6, 6.07) is 7.07. The van der Waals surface area contributed by atoms with Crippen LogP contribution in [0, 0.1) is 0 Å². The van der Waals surface area contributed by atoms with Gasteiger partial charge in [-0.2, -0.15) is 0 Å². The second-order valence-corrected chi connectivity index (χ2v) is 3.86. The van der Waals surface area contributed by atoms with Crippen LogP contribution in [0.1, 0.15) is 0 Å². The molecule has 84 valence electrons. The number of carbonyl (C=O) groups excluding carboxylic acids is 1. The summed E-state index contributed by atoms with van der Waals surface area (Å²) in [6.45, 7) is 0. The van der Waals surface area contributed by atoms with Crippen LogP contribution >= 0.6 is 11.6 Å². The molecule has 1 aromatic heterocycles. The molecule has 0 aliphatic carbocycles. The maximum absolute atomic E-state index is 11.6. The number of nitrogens with zero attached hydrogens (tertiary/aromatic N) is 2. The predicted octanol–water partition coefficient (Wildman–Crippen LogP) is 2.75. The van der Waals surface area contributed by atoms with Crippen molar-refractivity contribution in [1.82, 2.24) is 9.97 Å². The number of benzene rings is 1. The second kappa shape index (κ2) is 3.71. The first kappa shape index (κ1) is 10.0. The normalized spacial score (nSPS) is 12.9. The Hall–Kier alpha value is -2.14. The fourth-order valence-corrected chi connectivity index (χ4v) is 1.86. The lowest BCUT2D eigenvalue weighted by Crippen LogP contribution is -2.17. The Labute approximate surface area is 102 Å². The highest BCUT2D eigenvalue weighted by Gasteiger charge is 2.19. The van der Waals surface area contributed by atoms with Gasteiger partial charge in [-0.25, -0.2) is 14.8 Å². The second-order valence-electron chi connectivity index (χ2n) is 3.53. The summed E-state index contributed by atoms with van der Waals surface area (Å²) in [6.07, 6.45) is 1.49. The molecule has 2 aromatic rings. The predicted molar refractivity (Wildman–Crippen MR) is 65.1 cm³/mol. The average molecular weight is 247 g/mol. The van der Waals surface area contributed by atoms with E-state index in [0.717, 1.165) is 5.56 Å². The summed E-state index contributed by atoms with van der Waals surface area (Å²) < 4.78 is 0. The van der Waals surface area contributed by atoms with Crippen molar-refractivity contribution in [1.29, 1.82) is 0 Å². The van der Waals surface area contributed by atoms with Gasteiger partial charge in [-0.3, -0.25) is 0 Å². The zero-order valence-corrected chi connectivity index (χ0v) is 9.32. The number of hydrogen-bond donors (Lipinski definition) is 2. The molecule has 0 bridgehead atoms. The lowest BCUT2D eigenvalue weighted by molar-refractivity contribution is 0.262. The topological polar surface area (TPSA) is 66.9 Å². The Morgan fingerprint density at radius 1 is 1.12 bits per heavy atom. The van der Waals surface area contributed by atoms with Crippen LogP contribution < -0.4 is 10.6 Å². The highest BCUT2D eigenvalue weighted by atomic mass is 35.5. The van der Waals surface area contributed by atoms with Crippen molar-refractivity contribution in [3.63, 3.8) is 0 Å². The summed E-state index contributed by atoms with van der Waals surface area (Å²) in [5.74, 6) is 0. The van der Waals surface area contributed by atoms with Gasteiger partial charge in [0, 0.05) is 5.56 Å². The number of rotatable bonds is 0. The van der Waals surface area contributed by atoms with Crippen molar-refractivity contribution in [2.24, 2.45) is 0 Å². The molecule has 0 spiro atoms. The summed E-state index contributed by atoms with van der Waals surface area (Å²) >= 11 is 5.78. The third-order valence-corrected chi connectivity index (χ3v) is 2.62. The van der Waals surface area contributed by atoms with Crippen LogP contribution in [0.5, 0.6) is 0 Å². The molecule has 0 saturated heterocycles. The average Bonchev–Trinajstić information content (AvgIpc) is 2.45. The molecule has 2 amide bonds. The van der Waals surface area contributed by atoms with Crippen LogP contribution in [-0.4, -0.2) is 16.0 Å². The zero-order valence-electron chi connectivity index (χ0n) is 8.57. The SMILES string of the molecule is O=C1Nc2ccccc2-c2nc(Cl)ncc2N1. The van der Waals surface area contributed by atoms with E-state index < -0.39 is 0 Å². The molecule has 6 heteroatoms. The van der Waals surface area contributed by atoms with Crippen LogP contribution in [0.4, 0.5) is 16.2 Å². The number of fused-ring (bicyclic) bond motifs is 3. The van der Waals surface area contributed by atoms with Gasteiger partial charge in [-0.1, -0.05) is 18.2 Å². The summed E-state index contributed by atoms with van der Waals surface area (Å²) in [4.78, 5) is 19.6. The lowest BCUT2D eigenvalue weighted by atomic mass is 10.1. The van der Waals surface area contributed by atoms with Crippen LogP contribution in [0.25, 0.3) is 11.3 Å². The molecule has 0 radical (unpaired) electrons. The fourth-order valence-electron chi connectivity index (χ4n) is 1.73. The highest BCUT2D eigenvalue weighted by Crippen LogP contribution is 2.34. The number of hydrogen-bond acceptors (Lipinski definition) is 3. The molecule has 0 unspecified atom stereocenters. The van der Waals surface area contributed by atoms with Crippen LogP contribution in [0.15, 0.2) is 30.5 Å². The molecule has 3 rings (SSSR count). The molecule has 2 N–H and O–H groups in total. The maximum atomic E-state index is 11.6. The van der Waals surface area contributed by atoms with Crippen molar-refractivity contribution in [3.05, 3.63) is 35.7 Å². The maximum Gasteiger partial charge on any atom is 0.323 e. The Balaban J connectivity index is 2.31. The van der Waals surface area contributed by atoms with E-state index in [-0.39, 0.29) is 11.3 Å². The summed E-state index contributed by atoms with van der Waals surface area (Å²) in [5.41, 5.74) is 2.65. The summed E-state index contributed by atoms with van der Waals surface area (Å²) in [5, 5.41) is 5.54. The number of carbonyl (C=O) groups is 1. The fraction of sp³-hybridized carbons (Fsp3) is 0. The van der Waals surface area contributed by atoms with E-state index in [1.807, 2.05) is 18.2 Å². The molecule has 5 nitrogen and oxygen atoms in total. The van der Waals surface area contributed by atoms with Crippen molar-refractivity contribution in [2.45, 2.75) is 0 Å². The Morgan fingerprint density at radius 3 is 2.76 bits per heavy atom. The molecule has 0 saturated carbocycles. The van der Waals surface area contributed by atoms with E-state index >= 15 is 0 Å². The molecular weight excluding hydrogens is 240 g/mol. The molecule has 1 aliphatic heterocycles. The van der Waals surface area contributed by atoms with Gasteiger partial charge in [-0.05, 0) is 17.7 Å². The standard InChI is InChI=1S/C11H7ClN4O/c12-10-13-5-8-9(16-10)6-3-1-2-4-7(6)14-11(17)15-8/h1-5H,(H2,14,15,17). The van der Waals surface area contributed by atoms with Gasteiger partial charge in [0.2, 0.25) is 5.28 Å². The van der Waals surface area contributed by atoms with E-state index in [9.17, 15) is 4.79 Å². The monoisotopic (exact) mass is 246 g/mol. The number of halogens is 1. The quantitative estimate of drug-likeness (QED) is 0.703. The van der Waals surface area contributed by atoms with E-state index in [4.69, 9.17) is 11.6 Å². The van der Waals surface area contributed by atoms with Crippen molar-refractivity contribution in [3.8, 4) is 11.3 Å². The first-order valence-corrected chi connectivity index (χ1v) is 5.32. The van der Waals surface area contributed by atoms with Crippen LogP contribution in [-0.2, 0) is 0 Å². The first-order valence-electron chi connectivity index (χ1n) is 4.94. The smallest absolute Gasteiger partial charge is 0.307 e. The Bertz CT molecular complexity index is 614. The largest absolute Gasteiger partial charge is 0.323 e. The van der Waals surface area contributed by atoms with Crippen molar-refractivity contribution in [2.75, 3.05) is 10.6 Å². The Morgan fingerprint density at radius 2 is 1.88 bits per heavy atom. The number of anilines is 2. The number of amides is 2. The summed E-state index contributed by atoms with van der Waals surface area (Å²) in [7, 11) is 0. The van der Waals surface area contributed by atoms with Gasteiger partial charge in [0.05, 0.1) is 17.6 Å². The van der Waals surface area contributed by atoms with E-state index in [1.54, 1.807) is 6.07 Å². The molecular formula is C11H7ClN4O. The molecule has 2 heterocycles. The van der Waals surface area contributed by atoms with Crippen molar-refractivity contribution >= 4 is 29.0 Å². The number of nitrogens with one attached hydrogen (secondary N) is 2. The van der Waals surface area contributed by atoms with Gasteiger partial charge in [0.1, 0.15) is 5.69 Å². The van der Waals surface area contributed by atoms with Crippen molar-refractivity contribution < 1.29 is 4.79 Å². The number of aromatic nitrogens is 2. The zero-order chi connectivity index (χ0) is 11.8. The van der Waals surface area contributed by atoms with Gasteiger partial charge in [0.25, 0.3) is 0 Å². The van der Waals surface area contributed by atoms with Gasteiger partial charge in [0.15, 0.2) is 0 Å². The van der Waals surface area contributed by atoms with Gasteiger partial charge in [-0.15, -0.1) is 0 Å². The van der Waals surface area contributed by atoms with E-state index in [2.05, 4.69) is 20.6 Å². The molecule has 1 aliphatic rings. The van der Waals surface area contributed by atoms with Gasteiger partial charge >= 0.3 is 6.03 Å². The Kier molecular flexibility index (Phi) is 2.19. The minimum Gasteiger partial charge on any atom is -0.307 e. The minimum atomic E-state index is -0.317. The van der Waals surface area contributed by atoms with Gasteiger partial charge < -0.3 is 10.6 Å². The molecule has 17 heavy (non-hydrogen) atoms. The molecule has 0 fully saturated rings. The molecule has 1 aromatic carbocycles. The number of para-hydroxylation sites is 1. The van der Waals surface area contributed by atoms with E-state index in [1.165, 1.54) is 6.20 Å². The number of urea groups is 1. The third-order valence-electron chi connectivity index (χ3n) is 2.44. The van der Waals surface area contributed by atoms with Crippen LogP contribution in [0.2, 0.25) is 5.28 Å². The third kappa shape index (κ3) is 1.70. The highest BCUT2D eigenvalue weighted by molar-refractivity contribution is 6.28. The first-order chi connectivity index (χ1) is 8.24. The minimum absolute atomic E-state index is 0.148. The lowest BCUT2D eigenvalue weighted by Gasteiger charge is -2.05.